The van der Waals surface area contributed by atoms with Crippen LogP contribution in [-0.2, 0) is 4.74 Å². The van der Waals surface area contributed by atoms with Crippen LogP contribution in [0.1, 0.15) is 48.0 Å². The quantitative estimate of drug-likeness (QED) is 0.847. The zero-order valence-corrected chi connectivity index (χ0v) is 11.7. The highest BCUT2D eigenvalue weighted by molar-refractivity contribution is 6.03. The van der Waals surface area contributed by atoms with Crippen molar-refractivity contribution in [1.82, 2.24) is 4.98 Å². The normalized spacial score (nSPS) is 18.2. The fourth-order valence-electron chi connectivity index (χ4n) is 2.88. The molecule has 0 radical (unpaired) electrons. The van der Waals surface area contributed by atoms with Gasteiger partial charge in [0.1, 0.15) is 11.9 Å². The molecule has 0 aromatic carbocycles. The number of aromatic nitrogens is 1. The third-order valence-electron chi connectivity index (χ3n) is 3.91. The lowest BCUT2D eigenvalue weighted by Gasteiger charge is -2.28. The molecular weight excluding hydrogens is 240 g/mol. The molecule has 2 N–H and O–H groups in total. The number of hydrogen-bond acceptors (Lipinski definition) is 4. The van der Waals surface area contributed by atoms with Crippen LogP contribution in [0.3, 0.4) is 0 Å². The van der Waals surface area contributed by atoms with Crippen LogP contribution in [0.25, 0.3) is 0 Å². The van der Waals surface area contributed by atoms with Gasteiger partial charge in [0.25, 0.3) is 0 Å². The molecule has 0 spiro atoms. The Kier molecular flexibility index (Phi) is 4.53. The van der Waals surface area contributed by atoms with E-state index in [1.165, 1.54) is 19.3 Å². The van der Waals surface area contributed by atoms with E-state index in [1.807, 2.05) is 6.92 Å². The zero-order valence-electron chi connectivity index (χ0n) is 11.7. The smallest absolute Gasteiger partial charge is 0.195 e. The summed E-state index contributed by atoms with van der Waals surface area (Å²) in [5.74, 6) is 0.586. The van der Waals surface area contributed by atoms with Crippen molar-refractivity contribution >= 4 is 11.6 Å². The molecule has 4 nitrogen and oxygen atoms in total. The van der Waals surface area contributed by atoms with Crippen molar-refractivity contribution in [2.24, 2.45) is 5.92 Å². The molecule has 1 fully saturated rings. The maximum Gasteiger partial charge on any atom is 0.195 e. The van der Waals surface area contributed by atoms with Gasteiger partial charge in [-0.05, 0) is 37.3 Å². The molecule has 1 aliphatic carbocycles. The van der Waals surface area contributed by atoms with E-state index in [4.69, 9.17) is 10.5 Å². The molecule has 2 rings (SSSR count). The first-order valence-corrected chi connectivity index (χ1v) is 6.92. The molecule has 1 saturated carbocycles. The minimum atomic E-state index is -0.383. The summed E-state index contributed by atoms with van der Waals surface area (Å²) in [5.41, 5.74) is 7.26. The number of pyridine rings is 1. The van der Waals surface area contributed by atoms with E-state index >= 15 is 0 Å². The molecule has 104 valence electrons. The van der Waals surface area contributed by atoms with Gasteiger partial charge in [-0.1, -0.05) is 19.3 Å². The van der Waals surface area contributed by atoms with E-state index in [2.05, 4.69) is 4.98 Å². The van der Waals surface area contributed by atoms with Crippen LogP contribution < -0.4 is 5.73 Å². The number of rotatable bonds is 4. The van der Waals surface area contributed by atoms with Gasteiger partial charge in [-0.25, -0.2) is 4.98 Å². The molecule has 0 saturated heterocycles. The fraction of sp³-hybridized carbons (Fsp3) is 0.600. The van der Waals surface area contributed by atoms with Gasteiger partial charge in [0.15, 0.2) is 5.78 Å². The van der Waals surface area contributed by atoms with Gasteiger partial charge in [0.05, 0.1) is 5.56 Å². The fourth-order valence-corrected chi connectivity index (χ4v) is 2.88. The highest BCUT2D eigenvalue weighted by atomic mass is 16.5. The number of nitrogens with zero attached hydrogens (tertiary/aromatic N) is 1. The van der Waals surface area contributed by atoms with Crippen LogP contribution in [0.5, 0.6) is 0 Å². The van der Waals surface area contributed by atoms with Gasteiger partial charge in [-0.15, -0.1) is 0 Å². The van der Waals surface area contributed by atoms with Gasteiger partial charge in [0, 0.05) is 13.3 Å². The maximum absolute atomic E-state index is 12.6. The van der Waals surface area contributed by atoms with Gasteiger partial charge in [-0.3, -0.25) is 4.79 Å². The Balaban J connectivity index is 2.22. The van der Waals surface area contributed by atoms with Crippen LogP contribution in [0.2, 0.25) is 0 Å². The molecule has 4 heteroatoms. The molecule has 0 amide bonds. The van der Waals surface area contributed by atoms with Crippen molar-refractivity contribution in [1.29, 1.82) is 0 Å². The van der Waals surface area contributed by atoms with Gasteiger partial charge in [-0.2, -0.15) is 0 Å². The van der Waals surface area contributed by atoms with Crippen LogP contribution in [0.4, 0.5) is 5.82 Å². The lowest BCUT2D eigenvalue weighted by Crippen LogP contribution is -2.33. The molecule has 1 heterocycles. The number of carbonyl (C=O) groups is 1. The van der Waals surface area contributed by atoms with E-state index < -0.39 is 0 Å². The van der Waals surface area contributed by atoms with Crippen LogP contribution in [-0.4, -0.2) is 24.0 Å². The Morgan fingerprint density at radius 3 is 2.74 bits per heavy atom. The average molecular weight is 262 g/mol. The van der Waals surface area contributed by atoms with Gasteiger partial charge in [0.2, 0.25) is 0 Å². The monoisotopic (exact) mass is 262 g/mol. The second-order valence-corrected chi connectivity index (χ2v) is 5.36. The van der Waals surface area contributed by atoms with Crippen LogP contribution in [0, 0.1) is 12.8 Å². The highest BCUT2D eigenvalue weighted by Crippen LogP contribution is 2.30. The Morgan fingerprint density at radius 2 is 2.11 bits per heavy atom. The Morgan fingerprint density at radius 1 is 1.42 bits per heavy atom. The number of hydrogen-bond donors (Lipinski definition) is 1. The summed E-state index contributed by atoms with van der Waals surface area (Å²) in [5, 5.41) is 0. The number of Topliss-reactive ketones (excluding diaryl/α,β-unsaturated/α-hetero) is 1. The van der Waals surface area contributed by atoms with E-state index in [0.29, 0.717) is 17.3 Å². The minimum absolute atomic E-state index is 0.0249. The topological polar surface area (TPSA) is 65.2 Å². The van der Waals surface area contributed by atoms with Crippen molar-refractivity contribution in [3.63, 3.8) is 0 Å². The predicted octanol–water partition coefficient (Wildman–Crippen LogP) is 2.75. The molecular formula is C15H22N2O2. The summed E-state index contributed by atoms with van der Waals surface area (Å²) >= 11 is 0. The van der Waals surface area contributed by atoms with Crippen molar-refractivity contribution < 1.29 is 9.53 Å². The Bertz CT molecular complexity index is 453. The molecule has 1 aromatic rings. The van der Waals surface area contributed by atoms with Crippen LogP contribution >= 0.6 is 0 Å². The maximum atomic E-state index is 12.6. The Labute approximate surface area is 114 Å². The third-order valence-corrected chi connectivity index (χ3v) is 3.91. The highest BCUT2D eigenvalue weighted by Gasteiger charge is 2.31. The molecule has 1 unspecified atom stereocenters. The first-order chi connectivity index (χ1) is 9.13. The Hall–Kier alpha value is -1.42. The largest absolute Gasteiger partial charge is 0.383 e. The van der Waals surface area contributed by atoms with Crippen molar-refractivity contribution in [3.05, 3.63) is 23.4 Å². The first-order valence-electron chi connectivity index (χ1n) is 6.92. The van der Waals surface area contributed by atoms with Crippen molar-refractivity contribution in [3.8, 4) is 0 Å². The van der Waals surface area contributed by atoms with Gasteiger partial charge < -0.3 is 10.5 Å². The summed E-state index contributed by atoms with van der Waals surface area (Å²) < 4.78 is 5.47. The number of nitrogens with two attached hydrogens (primary N) is 1. The number of anilines is 1. The first kappa shape index (κ1) is 14.0. The van der Waals surface area contributed by atoms with Crippen LogP contribution in [0.15, 0.2) is 12.3 Å². The number of aryl methyl sites for hydroxylation is 1. The summed E-state index contributed by atoms with van der Waals surface area (Å²) in [6.07, 6.45) is 7.03. The molecule has 1 aromatic heterocycles. The van der Waals surface area contributed by atoms with E-state index in [1.54, 1.807) is 19.4 Å². The minimum Gasteiger partial charge on any atom is -0.383 e. The standard InChI is InChI=1S/C15H22N2O2/c1-10-8-12(15(16)17-9-10)13(18)14(19-2)11-6-4-3-5-7-11/h8-9,11,14H,3-7H2,1-2H3,(H2,16,17). The van der Waals surface area contributed by atoms with E-state index in [-0.39, 0.29) is 11.9 Å². The number of nitrogen functional groups attached to an aromatic ring is 1. The summed E-state index contributed by atoms with van der Waals surface area (Å²) in [6.45, 7) is 1.91. The third kappa shape index (κ3) is 3.13. The van der Waals surface area contributed by atoms with Gasteiger partial charge >= 0.3 is 0 Å². The predicted molar refractivity (Wildman–Crippen MR) is 75.1 cm³/mol. The summed E-state index contributed by atoms with van der Waals surface area (Å²) in [4.78, 5) is 16.7. The van der Waals surface area contributed by atoms with E-state index in [9.17, 15) is 4.79 Å². The number of methoxy groups -OCH3 is 1. The van der Waals surface area contributed by atoms with Crippen molar-refractivity contribution in [2.45, 2.75) is 45.1 Å². The lowest BCUT2D eigenvalue weighted by molar-refractivity contribution is 0.0315. The number of ether oxygens (including phenoxy) is 1. The number of ketones is 1. The molecule has 19 heavy (non-hydrogen) atoms. The second kappa shape index (κ2) is 6.15. The average Bonchev–Trinajstić information content (AvgIpc) is 2.43. The summed E-state index contributed by atoms with van der Waals surface area (Å²) in [6, 6.07) is 1.81. The summed E-state index contributed by atoms with van der Waals surface area (Å²) in [7, 11) is 1.61. The lowest BCUT2D eigenvalue weighted by atomic mass is 9.82. The molecule has 0 bridgehead atoms. The SMILES string of the molecule is COC(C(=O)c1cc(C)cnc1N)C1CCCCC1. The molecule has 1 aliphatic rings. The molecule has 1 atom stereocenters. The molecule has 0 aliphatic heterocycles. The zero-order chi connectivity index (χ0) is 13.8. The van der Waals surface area contributed by atoms with E-state index in [0.717, 1.165) is 18.4 Å². The van der Waals surface area contributed by atoms with Crippen molar-refractivity contribution in [2.75, 3.05) is 12.8 Å². The second-order valence-electron chi connectivity index (χ2n) is 5.36. The number of carbonyl (C=O) groups excluding carboxylic acids is 1.